The fraction of sp³-hybridized carbons (Fsp3) is 0.174. The molecule has 0 fully saturated rings. The molecule has 160 valence electrons. The first-order valence-electron chi connectivity index (χ1n) is 9.71. The number of carbonyl (C=O) groups is 1. The maximum Gasteiger partial charge on any atom is 0.244 e. The van der Waals surface area contributed by atoms with Gasteiger partial charge in [-0.15, -0.1) is 0 Å². The number of amides is 1. The summed E-state index contributed by atoms with van der Waals surface area (Å²) < 4.78 is 42.2. The zero-order valence-corrected chi connectivity index (χ0v) is 18.9. The van der Waals surface area contributed by atoms with Crippen LogP contribution in [0.3, 0.4) is 0 Å². The lowest BCUT2D eigenvalue weighted by atomic mass is 9.95. The van der Waals surface area contributed by atoms with Gasteiger partial charge in [-0.3, -0.25) is 4.79 Å². The summed E-state index contributed by atoms with van der Waals surface area (Å²) >= 11 is 3.38. The molecule has 0 aliphatic carbocycles. The third-order valence-corrected chi connectivity index (χ3v) is 7.71. The van der Waals surface area contributed by atoms with Gasteiger partial charge < -0.3 is 5.32 Å². The lowest BCUT2D eigenvalue weighted by Crippen LogP contribution is -2.52. The Balaban J connectivity index is 1.63. The second-order valence-electron chi connectivity index (χ2n) is 7.34. The smallest absolute Gasteiger partial charge is 0.244 e. The van der Waals surface area contributed by atoms with Crippen LogP contribution in [0.25, 0.3) is 0 Å². The van der Waals surface area contributed by atoms with E-state index in [1.165, 1.54) is 16.4 Å². The van der Waals surface area contributed by atoms with Crippen LogP contribution in [-0.2, 0) is 34.3 Å². The van der Waals surface area contributed by atoms with Crippen molar-refractivity contribution in [1.82, 2.24) is 9.62 Å². The SMILES string of the molecule is O=C(NCc1ccc(Br)cc1)[C@@H]1Cc2ccccc2CN1S(=O)(=O)c1ccc(F)cc1. The number of nitrogens with zero attached hydrogens (tertiary/aromatic N) is 1. The van der Waals surface area contributed by atoms with Crippen molar-refractivity contribution in [3.63, 3.8) is 0 Å². The van der Waals surface area contributed by atoms with Gasteiger partial charge in [-0.25, -0.2) is 12.8 Å². The maximum atomic E-state index is 13.4. The van der Waals surface area contributed by atoms with E-state index >= 15 is 0 Å². The minimum Gasteiger partial charge on any atom is -0.351 e. The Morgan fingerprint density at radius 1 is 1.00 bits per heavy atom. The molecule has 3 aromatic carbocycles. The van der Waals surface area contributed by atoms with Gasteiger partial charge in [-0.05, 0) is 59.5 Å². The van der Waals surface area contributed by atoms with Crippen molar-refractivity contribution in [3.8, 4) is 0 Å². The highest BCUT2D eigenvalue weighted by Crippen LogP contribution is 2.29. The van der Waals surface area contributed by atoms with Crippen molar-refractivity contribution >= 4 is 31.9 Å². The van der Waals surface area contributed by atoms with Crippen molar-refractivity contribution in [1.29, 1.82) is 0 Å². The number of carbonyl (C=O) groups excluding carboxylic acids is 1. The molecule has 0 bridgehead atoms. The molecule has 0 saturated carbocycles. The molecule has 8 heteroatoms. The van der Waals surface area contributed by atoms with Crippen LogP contribution in [0.5, 0.6) is 0 Å². The third-order valence-electron chi connectivity index (χ3n) is 5.31. The van der Waals surface area contributed by atoms with Gasteiger partial charge in [0.05, 0.1) is 4.90 Å². The number of hydrogen-bond acceptors (Lipinski definition) is 3. The van der Waals surface area contributed by atoms with Gasteiger partial charge in [0.25, 0.3) is 0 Å². The Labute approximate surface area is 189 Å². The van der Waals surface area contributed by atoms with Crippen LogP contribution >= 0.6 is 15.9 Å². The molecular weight excluding hydrogens is 483 g/mol. The first-order chi connectivity index (χ1) is 14.8. The van der Waals surface area contributed by atoms with Crippen LogP contribution in [0, 0.1) is 5.82 Å². The Kier molecular flexibility index (Phi) is 6.22. The fourth-order valence-electron chi connectivity index (χ4n) is 3.63. The van der Waals surface area contributed by atoms with E-state index in [1.54, 1.807) is 0 Å². The third kappa shape index (κ3) is 4.71. The van der Waals surface area contributed by atoms with E-state index in [9.17, 15) is 17.6 Å². The number of rotatable bonds is 5. The van der Waals surface area contributed by atoms with Crippen molar-refractivity contribution in [2.75, 3.05) is 0 Å². The summed E-state index contributed by atoms with van der Waals surface area (Å²) in [6.07, 6.45) is 0.267. The van der Waals surface area contributed by atoms with Crippen molar-refractivity contribution in [2.24, 2.45) is 0 Å². The molecular formula is C23H20BrFN2O3S. The van der Waals surface area contributed by atoms with Gasteiger partial charge in [0.2, 0.25) is 15.9 Å². The van der Waals surface area contributed by atoms with Gasteiger partial charge >= 0.3 is 0 Å². The Morgan fingerprint density at radius 3 is 2.32 bits per heavy atom. The summed E-state index contributed by atoms with van der Waals surface area (Å²) in [6, 6.07) is 18.8. The monoisotopic (exact) mass is 502 g/mol. The van der Waals surface area contributed by atoms with E-state index < -0.39 is 21.9 Å². The Bertz CT molecular complexity index is 1200. The van der Waals surface area contributed by atoms with E-state index in [4.69, 9.17) is 0 Å². The van der Waals surface area contributed by atoms with Crippen LogP contribution in [0.15, 0.2) is 82.2 Å². The molecule has 1 heterocycles. The second-order valence-corrected chi connectivity index (χ2v) is 10.1. The molecule has 0 saturated heterocycles. The maximum absolute atomic E-state index is 13.4. The average molecular weight is 503 g/mol. The van der Waals surface area contributed by atoms with Crippen LogP contribution in [0.2, 0.25) is 0 Å². The number of benzene rings is 3. The number of nitrogens with one attached hydrogen (secondary N) is 1. The molecule has 4 rings (SSSR count). The van der Waals surface area contributed by atoms with Crippen molar-refractivity contribution < 1.29 is 17.6 Å². The molecule has 1 N–H and O–H groups in total. The van der Waals surface area contributed by atoms with E-state index in [0.717, 1.165) is 33.3 Å². The lowest BCUT2D eigenvalue weighted by molar-refractivity contribution is -0.125. The quantitative estimate of drug-likeness (QED) is 0.572. The van der Waals surface area contributed by atoms with Crippen LogP contribution in [0.1, 0.15) is 16.7 Å². The predicted molar refractivity (Wildman–Crippen MR) is 119 cm³/mol. The summed E-state index contributed by atoms with van der Waals surface area (Å²) in [5, 5.41) is 2.86. The molecule has 1 atom stereocenters. The highest BCUT2D eigenvalue weighted by atomic mass is 79.9. The lowest BCUT2D eigenvalue weighted by Gasteiger charge is -2.35. The zero-order valence-electron chi connectivity index (χ0n) is 16.5. The first kappa shape index (κ1) is 21.7. The molecule has 5 nitrogen and oxygen atoms in total. The molecule has 0 aromatic heterocycles. The van der Waals surface area contributed by atoms with Gasteiger partial charge in [0.1, 0.15) is 11.9 Å². The second kappa shape index (κ2) is 8.90. The summed E-state index contributed by atoms with van der Waals surface area (Å²) in [5.41, 5.74) is 2.70. The van der Waals surface area contributed by atoms with Crippen LogP contribution in [-0.4, -0.2) is 24.7 Å². The predicted octanol–water partition coefficient (Wildman–Crippen LogP) is 4.02. The summed E-state index contributed by atoms with van der Waals surface area (Å²) in [5.74, 6) is -0.894. The molecule has 31 heavy (non-hydrogen) atoms. The summed E-state index contributed by atoms with van der Waals surface area (Å²) in [4.78, 5) is 13.1. The van der Waals surface area contributed by atoms with Crippen LogP contribution in [0.4, 0.5) is 4.39 Å². The number of hydrogen-bond donors (Lipinski definition) is 1. The van der Waals surface area contributed by atoms with Crippen molar-refractivity contribution in [2.45, 2.75) is 30.4 Å². The molecule has 1 aliphatic heterocycles. The van der Waals surface area contributed by atoms with E-state index in [1.807, 2.05) is 48.5 Å². The van der Waals surface area contributed by atoms with E-state index in [2.05, 4.69) is 21.2 Å². The Hall–Kier alpha value is -2.55. The normalized spacial score (nSPS) is 16.5. The molecule has 0 unspecified atom stereocenters. The van der Waals surface area contributed by atoms with Gasteiger partial charge in [-0.1, -0.05) is 52.3 Å². The van der Waals surface area contributed by atoms with Gasteiger partial charge in [-0.2, -0.15) is 4.31 Å². The summed E-state index contributed by atoms with van der Waals surface area (Å²) in [7, 11) is -4.00. The van der Waals surface area contributed by atoms with Crippen LogP contribution < -0.4 is 5.32 Å². The fourth-order valence-corrected chi connectivity index (χ4v) is 5.46. The molecule has 0 spiro atoms. The molecule has 3 aromatic rings. The number of halogens is 2. The average Bonchev–Trinajstić information content (AvgIpc) is 2.78. The largest absolute Gasteiger partial charge is 0.351 e. The van der Waals surface area contributed by atoms with Crippen molar-refractivity contribution in [3.05, 3.63) is 99.8 Å². The molecule has 1 aliphatic rings. The van der Waals surface area contributed by atoms with E-state index in [0.29, 0.717) is 0 Å². The Morgan fingerprint density at radius 2 is 1.65 bits per heavy atom. The van der Waals surface area contributed by atoms with Gasteiger partial charge in [0.15, 0.2) is 0 Å². The van der Waals surface area contributed by atoms with Gasteiger partial charge in [0, 0.05) is 17.6 Å². The summed E-state index contributed by atoms with van der Waals surface area (Å²) in [6.45, 7) is 0.362. The van der Waals surface area contributed by atoms with E-state index in [-0.39, 0.29) is 30.3 Å². The highest BCUT2D eigenvalue weighted by molar-refractivity contribution is 9.10. The minimum atomic E-state index is -4.00. The zero-order chi connectivity index (χ0) is 22.0. The standard InChI is InChI=1S/C23H20BrFN2O3S/c24-19-7-5-16(6-8-19)14-26-23(28)22-13-17-3-1-2-4-18(17)15-27(22)31(29,30)21-11-9-20(25)10-12-21/h1-12,22H,13-15H2,(H,26,28)/t22-/m0/s1. The molecule has 0 radical (unpaired) electrons. The molecule has 1 amide bonds. The minimum absolute atomic E-state index is 0.0426. The highest BCUT2D eigenvalue weighted by Gasteiger charge is 2.39. The number of fused-ring (bicyclic) bond motifs is 1. The first-order valence-corrected chi connectivity index (χ1v) is 11.9. The topological polar surface area (TPSA) is 66.5 Å². The number of sulfonamides is 1.